The number of anilines is 2. The van der Waals surface area contributed by atoms with Crippen LogP contribution in [0.2, 0.25) is 0 Å². The minimum atomic E-state index is -0.650. The van der Waals surface area contributed by atoms with E-state index in [0.29, 0.717) is 44.6 Å². The largest absolute Gasteiger partial charge is 0.493 e. The van der Waals surface area contributed by atoms with E-state index in [1.54, 1.807) is 91.9 Å². The van der Waals surface area contributed by atoms with Gasteiger partial charge in [0.05, 0.1) is 37.8 Å². The minimum Gasteiger partial charge on any atom is -0.493 e. The van der Waals surface area contributed by atoms with Crippen molar-refractivity contribution >= 4 is 52.8 Å². The van der Waals surface area contributed by atoms with Crippen molar-refractivity contribution in [2.45, 2.75) is 17.1 Å². The van der Waals surface area contributed by atoms with E-state index in [-0.39, 0.29) is 17.2 Å². The molecule has 0 saturated carbocycles. The number of nitrogens with one attached hydrogen (secondary N) is 3. The summed E-state index contributed by atoms with van der Waals surface area (Å²) in [6, 6.07) is 25.2. The Morgan fingerprint density at radius 1 is 0.787 bits per heavy atom. The van der Waals surface area contributed by atoms with E-state index in [1.165, 1.54) is 45.2 Å². The summed E-state index contributed by atoms with van der Waals surface area (Å²) in [7, 11) is 4.44. The fraction of sp³-hybridized carbons (Fsp3) is 0.143. The maximum Gasteiger partial charge on any atom is 0.272 e. The van der Waals surface area contributed by atoms with Gasteiger partial charge in [0.1, 0.15) is 5.70 Å². The molecule has 0 aliphatic carbocycles. The second kappa shape index (κ2) is 16.0. The predicted octanol–water partition coefficient (Wildman–Crippen LogP) is 5.34. The van der Waals surface area contributed by atoms with Crippen molar-refractivity contribution in [1.82, 2.24) is 5.32 Å². The molecule has 5 N–H and O–H groups in total. The quantitative estimate of drug-likeness (QED) is 0.111. The third-order valence-corrected chi connectivity index (χ3v) is 7.84. The molecule has 0 aromatic heterocycles. The van der Waals surface area contributed by atoms with Crippen molar-refractivity contribution in [1.29, 1.82) is 0 Å². The molecule has 0 aliphatic heterocycles. The van der Waals surface area contributed by atoms with Gasteiger partial charge in [-0.3, -0.25) is 19.2 Å². The Kier molecular flexibility index (Phi) is 11.6. The fourth-order valence-corrected chi connectivity index (χ4v) is 5.36. The highest BCUT2D eigenvalue weighted by atomic mass is 32.2. The van der Waals surface area contributed by atoms with Gasteiger partial charge in [-0.1, -0.05) is 36.4 Å². The number of methoxy groups -OCH3 is 3. The van der Waals surface area contributed by atoms with Crippen LogP contribution in [0.15, 0.2) is 102 Å². The predicted molar refractivity (Wildman–Crippen MR) is 182 cm³/mol. The van der Waals surface area contributed by atoms with Gasteiger partial charge in [-0.2, -0.15) is 0 Å². The fourth-order valence-electron chi connectivity index (χ4n) is 4.44. The molecule has 12 heteroatoms. The van der Waals surface area contributed by atoms with Crippen molar-refractivity contribution in [2.24, 2.45) is 5.73 Å². The molecule has 1 unspecified atom stereocenters. The summed E-state index contributed by atoms with van der Waals surface area (Å²) in [4.78, 5) is 52.1. The maximum absolute atomic E-state index is 13.7. The van der Waals surface area contributed by atoms with Crippen LogP contribution in [-0.4, -0.2) is 50.2 Å². The van der Waals surface area contributed by atoms with Gasteiger partial charge in [-0.25, -0.2) is 0 Å². The van der Waals surface area contributed by atoms with Gasteiger partial charge in [0, 0.05) is 16.1 Å². The number of rotatable bonds is 13. The Balaban J connectivity index is 1.56. The first-order chi connectivity index (χ1) is 22.6. The van der Waals surface area contributed by atoms with Crippen LogP contribution in [0.4, 0.5) is 11.4 Å². The summed E-state index contributed by atoms with van der Waals surface area (Å²) in [6.45, 7) is 1.72. The molecular formula is C35H34N4O7S. The number of ether oxygens (including phenoxy) is 3. The van der Waals surface area contributed by atoms with E-state index < -0.39 is 23.0 Å². The second-order valence-electron chi connectivity index (χ2n) is 9.98. The molecule has 0 radical (unpaired) electrons. The van der Waals surface area contributed by atoms with Crippen LogP contribution in [0.1, 0.15) is 33.2 Å². The Bertz CT molecular complexity index is 1790. The lowest BCUT2D eigenvalue weighted by Crippen LogP contribution is -2.30. The summed E-state index contributed by atoms with van der Waals surface area (Å²) >= 11 is 1.25. The number of thioether (sulfide) groups is 1. The van der Waals surface area contributed by atoms with Crippen molar-refractivity contribution in [3.63, 3.8) is 0 Å². The van der Waals surface area contributed by atoms with E-state index in [4.69, 9.17) is 19.9 Å². The molecular weight excluding hydrogens is 620 g/mol. The Morgan fingerprint density at radius 2 is 1.45 bits per heavy atom. The standard InChI is InChI=1S/C35H34N4O7S/c1-21(33(41)38-27-16-9-8-15-26(27)32(36)40)47-25-14-10-13-24(20-25)37-35(43)28(39-34(42)23-11-6-5-7-12-23)17-22-18-29(44-2)31(46-4)30(19-22)45-3/h5-21H,1-4H3,(H2,36,40)(H,37,43)(H,38,41)(H,39,42)/b28-17+. The Hall–Kier alpha value is -5.75. The van der Waals surface area contributed by atoms with Gasteiger partial charge in [-0.05, 0) is 73.2 Å². The number of benzene rings is 4. The number of hydrogen-bond acceptors (Lipinski definition) is 8. The molecule has 4 amide bonds. The number of amides is 4. The van der Waals surface area contributed by atoms with Crippen LogP contribution in [0.5, 0.6) is 17.2 Å². The molecule has 4 aromatic carbocycles. The third-order valence-electron chi connectivity index (χ3n) is 6.75. The lowest BCUT2D eigenvalue weighted by molar-refractivity contribution is -0.115. The number of hydrogen-bond donors (Lipinski definition) is 4. The van der Waals surface area contributed by atoms with Crippen molar-refractivity contribution in [2.75, 3.05) is 32.0 Å². The first-order valence-corrected chi connectivity index (χ1v) is 15.2. The lowest BCUT2D eigenvalue weighted by Gasteiger charge is -2.15. The number of carbonyl (C=O) groups excluding carboxylic acids is 4. The van der Waals surface area contributed by atoms with E-state index in [9.17, 15) is 19.2 Å². The number of para-hydroxylation sites is 1. The highest BCUT2D eigenvalue weighted by molar-refractivity contribution is 8.00. The van der Waals surface area contributed by atoms with Crippen LogP contribution < -0.4 is 35.9 Å². The third kappa shape index (κ3) is 8.92. The summed E-state index contributed by atoms with van der Waals surface area (Å²) in [5.41, 5.74) is 7.20. The smallest absolute Gasteiger partial charge is 0.272 e. The van der Waals surface area contributed by atoms with Gasteiger partial charge in [0.2, 0.25) is 11.7 Å². The van der Waals surface area contributed by atoms with Crippen LogP contribution in [0.3, 0.4) is 0 Å². The van der Waals surface area contributed by atoms with E-state index in [0.717, 1.165) is 0 Å². The first-order valence-electron chi connectivity index (χ1n) is 14.3. The molecule has 0 fully saturated rings. The molecule has 4 aromatic rings. The van der Waals surface area contributed by atoms with Crippen molar-refractivity contribution in [3.05, 3.63) is 113 Å². The average Bonchev–Trinajstić information content (AvgIpc) is 3.08. The van der Waals surface area contributed by atoms with E-state index in [2.05, 4.69) is 16.0 Å². The van der Waals surface area contributed by atoms with Crippen LogP contribution in [0.25, 0.3) is 6.08 Å². The number of nitrogens with two attached hydrogens (primary N) is 1. The summed E-state index contributed by atoms with van der Waals surface area (Å²) in [5, 5.41) is 7.72. The van der Waals surface area contributed by atoms with Crippen LogP contribution in [-0.2, 0) is 9.59 Å². The minimum absolute atomic E-state index is 0.0490. The maximum atomic E-state index is 13.7. The van der Waals surface area contributed by atoms with Gasteiger partial charge in [-0.15, -0.1) is 11.8 Å². The zero-order valence-electron chi connectivity index (χ0n) is 26.2. The van der Waals surface area contributed by atoms with Crippen molar-refractivity contribution in [3.8, 4) is 17.2 Å². The molecule has 11 nitrogen and oxygen atoms in total. The molecule has 242 valence electrons. The molecule has 47 heavy (non-hydrogen) atoms. The van der Waals surface area contributed by atoms with Gasteiger partial charge < -0.3 is 35.9 Å². The van der Waals surface area contributed by atoms with Gasteiger partial charge in [0.25, 0.3) is 17.7 Å². The van der Waals surface area contributed by atoms with Gasteiger partial charge in [0.15, 0.2) is 11.5 Å². The van der Waals surface area contributed by atoms with E-state index >= 15 is 0 Å². The summed E-state index contributed by atoms with van der Waals surface area (Å²) < 4.78 is 16.3. The highest BCUT2D eigenvalue weighted by Crippen LogP contribution is 2.38. The molecule has 0 aliphatic rings. The SMILES string of the molecule is COc1cc(/C=C(/NC(=O)c2ccccc2)C(=O)Nc2cccc(SC(C)C(=O)Nc3ccccc3C(N)=O)c2)cc(OC)c1OC. The normalized spacial score (nSPS) is 11.5. The molecule has 4 rings (SSSR count). The first kappa shape index (κ1) is 34.1. The number of primary amides is 1. The highest BCUT2D eigenvalue weighted by Gasteiger charge is 2.20. The average molecular weight is 655 g/mol. The topological polar surface area (TPSA) is 158 Å². The zero-order valence-corrected chi connectivity index (χ0v) is 27.0. The van der Waals surface area contributed by atoms with E-state index in [1.807, 2.05) is 0 Å². The van der Waals surface area contributed by atoms with Crippen LogP contribution >= 0.6 is 11.8 Å². The molecule has 0 spiro atoms. The second-order valence-corrected chi connectivity index (χ2v) is 11.4. The zero-order chi connectivity index (χ0) is 33.9. The monoisotopic (exact) mass is 654 g/mol. The summed E-state index contributed by atoms with van der Waals surface area (Å²) in [5.74, 6) is -0.955. The lowest BCUT2D eigenvalue weighted by atomic mass is 10.1. The summed E-state index contributed by atoms with van der Waals surface area (Å²) in [6.07, 6.45) is 1.50. The number of carbonyl (C=O) groups is 4. The van der Waals surface area contributed by atoms with Gasteiger partial charge >= 0.3 is 0 Å². The Morgan fingerprint density at radius 3 is 2.09 bits per heavy atom. The molecule has 0 bridgehead atoms. The molecule has 1 atom stereocenters. The molecule has 0 saturated heterocycles. The Labute approximate surface area is 276 Å². The molecule has 0 heterocycles. The van der Waals surface area contributed by atoms with Crippen LogP contribution in [0, 0.1) is 0 Å². The van der Waals surface area contributed by atoms with Crippen molar-refractivity contribution < 1.29 is 33.4 Å².